The van der Waals surface area contributed by atoms with Gasteiger partial charge in [-0.25, -0.2) is 0 Å². The van der Waals surface area contributed by atoms with Crippen LogP contribution >= 0.6 is 0 Å². The molecule has 3 aromatic carbocycles. The first-order chi connectivity index (χ1) is 15.1. The fraction of sp³-hybridized carbons (Fsp3) is 0.120. The molecule has 0 aliphatic carbocycles. The Morgan fingerprint density at radius 1 is 1.03 bits per heavy atom. The lowest BCUT2D eigenvalue weighted by atomic mass is 9.96. The molecule has 3 N–H and O–H groups in total. The molecule has 0 saturated heterocycles. The number of H-pyrrole nitrogens is 1. The highest BCUT2D eigenvalue weighted by atomic mass is 16.5. The van der Waals surface area contributed by atoms with Crippen molar-refractivity contribution in [1.82, 2.24) is 4.98 Å². The number of hydrogen-bond acceptors (Lipinski definition) is 4. The molecule has 1 aliphatic rings. The summed E-state index contributed by atoms with van der Waals surface area (Å²) in [5.41, 5.74) is 3.68. The van der Waals surface area contributed by atoms with Crippen molar-refractivity contribution in [3.8, 4) is 5.75 Å². The third kappa shape index (κ3) is 3.53. The molecule has 4 aromatic rings. The SMILES string of the molecule is C[C@@H]1Oc2ccc(N[C@H](C(=O)c3c[nH]c4ccccc34)c3ccccc3)cc2NC1=O. The van der Waals surface area contributed by atoms with Crippen molar-refractivity contribution in [2.45, 2.75) is 19.1 Å². The number of fused-ring (bicyclic) bond motifs is 2. The smallest absolute Gasteiger partial charge is 0.265 e. The number of aromatic amines is 1. The Kier molecular flexibility index (Phi) is 4.67. The van der Waals surface area contributed by atoms with Crippen LogP contribution in [0.25, 0.3) is 10.9 Å². The van der Waals surface area contributed by atoms with Gasteiger partial charge in [-0.15, -0.1) is 0 Å². The summed E-state index contributed by atoms with van der Waals surface area (Å²) in [6.07, 6.45) is 1.22. The molecular weight excluding hydrogens is 390 g/mol. The molecule has 6 heteroatoms. The third-order valence-electron chi connectivity index (χ3n) is 5.47. The second-order valence-electron chi connectivity index (χ2n) is 7.56. The molecule has 1 amide bonds. The van der Waals surface area contributed by atoms with Crippen LogP contribution in [0.4, 0.5) is 11.4 Å². The van der Waals surface area contributed by atoms with Crippen molar-refractivity contribution in [2.75, 3.05) is 10.6 Å². The Balaban J connectivity index is 1.51. The number of ketones is 1. The number of hydrogen-bond donors (Lipinski definition) is 3. The molecule has 6 nitrogen and oxygen atoms in total. The van der Waals surface area contributed by atoms with E-state index >= 15 is 0 Å². The van der Waals surface area contributed by atoms with Crippen molar-refractivity contribution in [3.05, 3.63) is 90.1 Å². The average molecular weight is 411 g/mol. The van der Waals surface area contributed by atoms with Crippen molar-refractivity contribution in [1.29, 1.82) is 0 Å². The number of benzene rings is 3. The minimum Gasteiger partial charge on any atom is -0.479 e. The quantitative estimate of drug-likeness (QED) is 0.407. The van der Waals surface area contributed by atoms with Gasteiger partial charge in [0.25, 0.3) is 5.91 Å². The van der Waals surface area contributed by atoms with E-state index in [0.29, 0.717) is 22.7 Å². The highest BCUT2D eigenvalue weighted by Crippen LogP contribution is 2.34. The zero-order chi connectivity index (χ0) is 21.4. The van der Waals surface area contributed by atoms with Crippen LogP contribution in [0.5, 0.6) is 5.75 Å². The number of Topliss-reactive ketones (excluding diaryl/α,β-unsaturated/α-hetero) is 1. The monoisotopic (exact) mass is 411 g/mol. The molecule has 0 unspecified atom stereocenters. The van der Waals surface area contributed by atoms with E-state index in [-0.39, 0.29) is 11.7 Å². The van der Waals surface area contributed by atoms with Gasteiger partial charge in [-0.1, -0.05) is 48.5 Å². The van der Waals surface area contributed by atoms with E-state index in [1.165, 1.54) is 0 Å². The first kappa shape index (κ1) is 18.9. The Labute approximate surface area is 179 Å². The maximum absolute atomic E-state index is 13.6. The predicted octanol–water partition coefficient (Wildman–Crippen LogP) is 4.92. The minimum atomic E-state index is -0.599. The van der Waals surface area contributed by atoms with Crippen LogP contribution in [-0.2, 0) is 4.79 Å². The van der Waals surface area contributed by atoms with E-state index in [4.69, 9.17) is 4.74 Å². The van der Waals surface area contributed by atoms with Gasteiger partial charge in [0.1, 0.15) is 11.8 Å². The molecule has 31 heavy (non-hydrogen) atoms. The van der Waals surface area contributed by atoms with E-state index in [9.17, 15) is 9.59 Å². The zero-order valence-electron chi connectivity index (χ0n) is 16.9. The van der Waals surface area contributed by atoms with Gasteiger partial charge < -0.3 is 20.4 Å². The molecule has 0 radical (unpaired) electrons. The number of amides is 1. The molecule has 2 atom stereocenters. The summed E-state index contributed by atoms with van der Waals surface area (Å²) in [5.74, 6) is 0.367. The molecular formula is C25H21N3O3. The van der Waals surface area contributed by atoms with Crippen LogP contribution in [0.1, 0.15) is 28.9 Å². The van der Waals surface area contributed by atoms with Gasteiger partial charge in [-0.05, 0) is 36.8 Å². The van der Waals surface area contributed by atoms with Gasteiger partial charge in [0.05, 0.1) is 5.69 Å². The summed E-state index contributed by atoms with van der Waals surface area (Å²) in [5, 5.41) is 7.09. The molecule has 0 fully saturated rings. The topological polar surface area (TPSA) is 83.2 Å². The lowest BCUT2D eigenvalue weighted by Crippen LogP contribution is -2.34. The molecule has 1 aromatic heterocycles. The summed E-state index contributed by atoms with van der Waals surface area (Å²) in [6, 6.07) is 22.2. The lowest BCUT2D eigenvalue weighted by molar-refractivity contribution is -0.122. The van der Waals surface area contributed by atoms with Crippen LogP contribution in [0.3, 0.4) is 0 Å². The second kappa shape index (κ2) is 7.65. The van der Waals surface area contributed by atoms with Gasteiger partial charge in [0.2, 0.25) is 0 Å². The Morgan fingerprint density at radius 2 is 1.81 bits per heavy atom. The average Bonchev–Trinajstić information content (AvgIpc) is 3.23. The Bertz CT molecular complexity index is 1280. The van der Waals surface area contributed by atoms with Crippen LogP contribution in [0.2, 0.25) is 0 Å². The molecule has 0 spiro atoms. The highest BCUT2D eigenvalue weighted by Gasteiger charge is 2.26. The van der Waals surface area contributed by atoms with E-state index in [2.05, 4.69) is 15.6 Å². The van der Waals surface area contributed by atoms with Gasteiger partial charge in [0.15, 0.2) is 11.9 Å². The van der Waals surface area contributed by atoms with Crippen LogP contribution in [0.15, 0.2) is 79.0 Å². The fourth-order valence-corrected chi connectivity index (χ4v) is 3.84. The molecule has 154 valence electrons. The maximum Gasteiger partial charge on any atom is 0.265 e. The standard InChI is InChI=1S/C25H21N3O3/c1-15-25(30)28-21-13-17(11-12-22(21)31-15)27-23(16-7-3-2-4-8-16)24(29)19-14-26-20-10-6-5-9-18(19)20/h2-15,23,26-27H,1H3,(H,28,30)/t15-,23-/m0/s1. The summed E-state index contributed by atoms with van der Waals surface area (Å²) < 4.78 is 5.63. The van der Waals surface area contributed by atoms with Crippen LogP contribution < -0.4 is 15.4 Å². The maximum atomic E-state index is 13.6. The zero-order valence-corrected chi connectivity index (χ0v) is 16.9. The molecule has 2 heterocycles. The first-order valence-electron chi connectivity index (χ1n) is 10.1. The van der Waals surface area contributed by atoms with Gasteiger partial charge >= 0.3 is 0 Å². The number of carbonyl (C=O) groups excluding carboxylic acids is 2. The van der Waals surface area contributed by atoms with E-state index < -0.39 is 12.1 Å². The summed E-state index contributed by atoms with van der Waals surface area (Å²) in [6.45, 7) is 1.70. The van der Waals surface area contributed by atoms with Gasteiger partial charge in [0, 0.05) is 28.4 Å². The first-order valence-corrected chi connectivity index (χ1v) is 10.1. The van der Waals surface area contributed by atoms with Crippen LogP contribution in [-0.4, -0.2) is 22.8 Å². The van der Waals surface area contributed by atoms with E-state index in [1.54, 1.807) is 25.3 Å². The lowest BCUT2D eigenvalue weighted by Gasteiger charge is -2.25. The fourth-order valence-electron chi connectivity index (χ4n) is 3.84. The molecule has 0 saturated carbocycles. The van der Waals surface area contributed by atoms with Crippen molar-refractivity contribution in [3.63, 3.8) is 0 Å². The van der Waals surface area contributed by atoms with Crippen molar-refractivity contribution < 1.29 is 14.3 Å². The van der Waals surface area contributed by atoms with Gasteiger partial charge in [-0.2, -0.15) is 0 Å². The molecule has 0 bridgehead atoms. The highest BCUT2D eigenvalue weighted by molar-refractivity contribution is 6.11. The normalized spacial score (nSPS) is 16.2. The second-order valence-corrected chi connectivity index (χ2v) is 7.56. The van der Waals surface area contributed by atoms with Crippen molar-refractivity contribution >= 4 is 34.0 Å². The largest absolute Gasteiger partial charge is 0.479 e. The van der Waals surface area contributed by atoms with Crippen molar-refractivity contribution in [2.24, 2.45) is 0 Å². The number of rotatable bonds is 5. The predicted molar refractivity (Wildman–Crippen MR) is 121 cm³/mol. The number of aromatic nitrogens is 1. The number of para-hydroxylation sites is 1. The van der Waals surface area contributed by atoms with E-state index in [1.807, 2.05) is 60.7 Å². The number of anilines is 2. The summed E-state index contributed by atoms with van der Waals surface area (Å²) in [4.78, 5) is 28.8. The molecule has 5 rings (SSSR count). The summed E-state index contributed by atoms with van der Waals surface area (Å²) >= 11 is 0. The number of ether oxygens (including phenoxy) is 1. The summed E-state index contributed by atoms with van der Waals surface area (Å²) in [7, 11) is 0. The number of nitrogens with one attached hydrogen (secondary N) is 3. The molecule has 1 aliphatic heterocycles. The van der Waals surface area contributed by atoms with Crippen LogP contribution in [0, 0.1) is 0 Å². The Morgan fingerprint density at radius 3 is 2.65 bits per heavy atom. The third-order valence-corrected chi connectivity index (χ3v) is 5.47. The number of carbonyl (C=O) groups is 2. The minimum absolute atomic E-state index is 0.0460. The van der Waals surface area contributed by atoms with E-state index in [0.717, 1.165) is 16.5 Å². The Hall–Kier alpha value is -4.06. The van der Waals surface area contributed by atoms with Gasteiger partial charge in [-0.3, -0.25) is 9.59 Å².